The Bertz CT molecular complexity index is 570. The third-order valence-electron chi connectivity index (χ3n) is 3.81. The van der Waals surface area contributed by atoms with Gasteiger partial charge in [-0.05, 0) is 23.1 Å². The summed E-state index contributed by atoms with van der Waals surface area (Å²) < 4.78 is 0. The van der Waals surface area contributed by atoms with Crippen LogP contribution in [0.15, 0.2) is 65.8 Å². The van der Waals surface area contributed by atoms with Crippen molar-refractivity contribution in [1.29, 1.82) is 0 Å². The zero-order chi connectivity index (χ0) is 16.3. The molecule has 2 rings (SSSR count). The molecule has 0 unspecified atom stereocenters. The average molecular weight is 310 g/mol. The molecular formula is C18H22N4O. The minimum absolute atomic E-state index is 0.0408. The van der Waals surface area contributed by atoms with Crippen LogP contribution in [0, 0.1) is 0 Å². The van der Waals surface area contributed by atoms with Gasteiger partial charge in [-0.3, -0.25) is 4.90 Å². The third-order valence-corrected chi connectivity index (χ3v) is 3.81. The van der Waals surface area contributed by atoms with Crippen molar-refractivity contribution in [2.24, 2.45) is 5.11 Å². The fourth-order valence-electron chi connectivity index (χ4n) is 2.59. The Labute approximate surface area is 136 Å². The van der Waals surface area contributed by atoms with Gasteiger partial charge in [0.05, 0.1) is 6.61 Å². The zero-order valence-electron chi connectivity index (χ0n) is 13.1. The van der Waals surface area contributed by atoms with E-state index in [1.54, 1.807) is 0 Å². The molecule has 5 heteroatoms. The lowest BCUT2D eigenvalue weighted by Gasteiger charge is -2.30. The second-order valence-corrected chi connectivity index (χ2v) is 5.46. The minimum Gasteiger partial charge on any atom is -0.395 e. The molecule has 0 aliphatic heterocycles. The van der Waals surface area contributed by atoms with Gasteiger partial charge in [-0.2, -0.15) is 0 Å². The Balaban J connectivity index is 2.13. The fraction of sp³-hybridized carbons (Fsp3) is 0.333. The molecule has 5 nitrogen and oxygen atoms in total. The van der Waals surface area contributed by atoms with E-state index in [9.17, 15) is 5.11 Å². The maximum absolute atomic E-state index is 9.78. The van der Waals surface area contributed by atoms with Gasteiger partial charge < -0.3 is 5.11 Å². The van der Waals surface area contributed by atoms with E-state index in [-0.39, 0.29) is 12.6 Å². The topological polar surface area (TPSA) is 72.2 Å². The minimum atomic E-state index is -0.0408. The predicted octanol–water partition coefficient (Wildman–Crippen LogP) is 3.75. The van der Waals surface area contributed by atoms with Gasteiger partial charge >= 0.3 is 0 Å². The van der Waals surface area contributed by atoms with Crippen molar-refractivity contribution in [2.75, 3.05) is 13.2 Å². The molecule has 0 radical (unpaired) electrons. The van der Waals surface area contributed by atoms with Crippen molar-refractivity contribution in [1.82, 2.24) is 4.90 Å². The lowest BCUT2D eigenvalue weighted by atomic mass is 10.1. The van der Waals surface area contributed by atoms with E-state index in [1.165, 1.54) is 11.1 Å². The number of aliphatic hydroxyl groups excluding tert-OH is 1. The second-order valence-electron chi connectivity index (χ2n) is 5.46. The maximum Gasteiger partial charge on any atom is 0.0587 e. The molecule has 0 aliphatic carbocycles. The second kappa shape index (κ2) is 9.64. The smallest absolute Gasteiger partial charge is 0.0587 e. The van der Waals surface area contributed by atoms with Crippen LogP contribution >= 0.6 is 0 Å². The van der Waals surface area contributed by atoms with Crippen molar-refractivity contribution < 1.29 is 5.11 Å². The molecule has 2 aromatic rings. The number of hydrogen-bond acceptors (Lipinski definition) is 3. The van der Waals surface area contributed by atoms with Crippen LogP contribution in [0.3, 0.4) is 0 Å². The molecule has 0 aliphatic rings. The SMILES string of the molecule is [N-]=[N+]=NCC[C@@H](CO)N(Cc1ccccc1)Cc1ccccc1. The highest BCUT2D eigenvalue weighted by atomic mass is 16.3. The molecule has 1 atom stereocenters. The molecule has 0 saturated heterocycles. The first-order valence-corrected chi connectivity index (χ1v) is 7.77. The monoisotopic (exact) mass is 310 g/mol. The van der Waals surface area contributed by atoms with Crippen molar-refractivity contribution in [3.05, 3.63) is 82.2 Å². The molecule has 120 valence electrons. The summed E-state index contributed by atoms with van der Waals surface area (Å²) in [5.74, 6) is 0. The highest BCUT2D eigenvalue weighted by molar-refractivity contribution is 5.17. The van der Waals surface area contributed by atoms with Crippen LogP contribution in [0.25, 0.3) is 10.4 Å². The zero-order valence-corrected chi connectivity index (χ0v) is 13.1. The Kier molecular flexibility index (Phi) is 7.14. The van der Waals surface area contributed by atoms with Gasteiger partial charge in [-0.25, -0.2) is 0 Å². The Morgan fingerprint density at radius 2 is 1.48 bits per heavy atom. The van der Waals surface area contributed by atoms with E-state index >= 15 is 0 Å². The number of aliphatic hydroxyl groups is 1. The molecule has 0 heterocycles. The van der Waals surface area contributed by atoms with Gasteiger partial charge in [0.25, 0.3) is 0 Å². The van der Waals surface area contributed by atoms with Crippen molar-refractivity contribution >= 4 is 0 Å². The van der Waals surface area contributed by atoms with Gasteiger partial charge in [-0.1, -0.05) is 65.8 Å². The lowest BCUT2D eigenvalue weighted by Crippen LogP contribution is -2.37. The van der Waals surface area contributed by atoms with Gasteiger partial charge in [0.15, 0.2) is 0 Å². The Morgan fingerprint density at radius 3 is 1.91 bits per heavy atom. The molecule has 0 aromatic heterocycles. The number of hydrogen-bond donors (Lipinski definition) is 1. The van der Waals surface area contributed by atoms with E-state index < -0.39 is 0 Å². The molecule has 2 aromatic carbocycles. The van der Waals surface area contributed by atoms with Crippen LogP contribution in [0.5, 0.6) is 0 Å². The van der Waals surface area contributed by atoms with E-state index in [1.807, 2.05) is 36.4 Å². The predicted molar refractivity (Wildman–Crippen MR) is 91.6 cm³/mol. The Hall–Kier alpha value is -2.33. The summed E-state index contributed by atoms with van der Waals surface area (Å²) in [4.78, 5) is 5.03. The first-order chi connectivity index (χ1) is 11.3. The molecule has 0 saturated carbocycles. The third kappa shape index (κ3) is 5.75. The van der Waals surface area contributed by atoms with Crippen LogP contribution in [0.4, 0.5) is 0 Å². The fourth-order valence-corrected chi connectivity index (χ4v) is 2.59. The van der Waals surface area contributed by atoms with Crippen LogP contribution in [0.2, 0.25) is 0 Å². The number of rotatable bonds is 9. The molecule has 1 N–H and O–H groups in total. The standard InChI is InChI=1S/C18H22N4O/c19-21-20-12-11-18(15-23)22(13-16-7-3-1-4-8-16)14-17-9-5-2-6-10-17/h1-10,18,23H,11-15H2/t18-/m0/s1. The van der Waals surface area contributed by atoms with Crippen molar-refractivity contribution in [2.45, 2.75) is 25.6 Å². The normalized spacial score (nSPS) is 11.9. The molecule has 0 fully saturated rings. The maximum atomic E-state index is 9.78. The average Bonchev–Trinajstić information content (AvgIpc) is 2.60. The summed E-state index contributed by atoms with van der Waals surface area (Å²) in [7, 11) is 0. The van der Waals surface area contributed by atoms with E-state index in [2.05, 4.69) is 39.2 Å². The lowest BCUT2D eigenvalue weighted by molar-refractivity contribution is 0.105. The summed E-state index contributed by atoms with van der Waals surface area (Å²) >= 11 is 0. The van der Waals surface area contributed by atoms with Gasteiger partial charge in [0, 0.05) is 30.6 Å². The van der Waals surface area contributed by atoms with Gasteiger partial charge in [0.1, 0.15) is 0 Å². The number of nitrogens with zero attached hydrogens (tertiary/aromatic N) is 4. The summed E-state index contributed by atoms with van der Waals surface area (Å²) in [6.07, 6.45) is 0.639. The van der Waals surface area contributed by atoms with E-state index in [0.717, 1.165) is 13.1 Å². The molecule has 0 amide bonds. The molecule has 0 spiro atoms. The van der Waals surface area contributed by atoms with Crippen LogP contribution < -0.4 is 0 Å². The first-order valence-electron chi connectivity index (χ1n) is 7.77. The highest BCUT2D eigenvalue weighted by Gasteiger charge is 2.18. The van der Waals surface area contributed by atoms with Crippen molar-refractivity contribution in [3.8, 4) is 0 Å². The summed E-state index contributed by atoms with van der Waals surface area (Å²) in [6.45, 7) is 1.93. The summed E-state index contributed by atoms with van der Waals surface area (Å²) in [5.41, 5.74) is 10.8. The van der Waals surface area contributed by atoms with Crippen LogP contribution in [0.1, 0.15) is 17.5 Å². The molecular weight excluding hydrogens is 288 g/mol. The molecule has 23 heavy (non-hydrogen) atoms. The first kappa shape index (κ1) is 17.0. The van der Waals surface area contributed by atoms with E-state index in [4.69, 9.17) is 5.53 Å². The summed E-state index contributed by atoms with van der Waals surface area (Å²) in [5, 5.41) is 13.4. The Morgan fingerprint density at radius 1 is 0.957 bits per heavy atom. The number of azide groups is 1. The number of benzene rings is 2. The quantitative estimate of drug-likeness (QED) is 0.435. The van der Waals surface area contributed by atoms with E-state index in [0.29, 0.717) is 13.0 Å². The largest absolute Gasteiger partial charge is 0.395 e. The van der Waals surface area contributed by atoms with Gasteiger partial charge in [-0.15, -0.1) is 0 Å². The van der Waals surface area contributed by atoms with Crippen LogP contribution in [-0.4, -0.2) is 29.2 Å². The molecule has 0 bridgehead atoms. The summed E-state index contributed by atoms with van der Waals surface area (Å²) in [6, 6.07) is 20.4. The highest BCUT2D eigenvalue weighted by Crippen LogP contribution is 2.15. The van der Waals surface area contributed by atoms with Gasteiger partial charge in [0.2, 0.25) is 0 Å². The van der Waals surface area contributed by atoms with Crippen LogP contribution in [-0.2, 0) is 13.1 Å². The van der Waals surface area contributed by atoms with Crippen molar-refractivity contribution in [3.63, 3.8) is 0 Å².